The van der Waals surface area contributed by atoms with E-state index in [2.05, 4.69) is 22.8 Å². The second-order valence-electron chi connectivity index (χ2n) is 2.87. The Morgan fingerprint density at radius 3 is 2.60 bits per heavy atom. The number of esters is 1. The predicted octanol–water partition coefficient (Wildman–Crippen LogP) is 2.07. The lowest BCUT2D eigenvalue weighted by atomic mass is 10.1. The Hall–Kier alpha value is -1.40. The summed E-state index contributed by atoms with van der Waals surface area (Å²) in [5.74, 6) is 5.60. The van der Waals surface area contributed by atoms with Crippen LogP contribution in [0.5, 0.6) is 0 Å². The summed E-state index contributed by atoms with van der Waals surface area (Å²) in [6, 6.07) is 7.83. The van der Waals surface area contributed by atoms with E-state index in [1.807, 2.05) is 24.3 Å². The smallest absolute Gasteiger partial charge is 0.384 e. The average Bonchev–Trinajstić information content (AvgIpc) is 2.28. The lowest BCUT2D eigenvalue weighted by Crippen LogP contribution is -1.94. The zero-order valence-corrected chi connectivity index (χ0v) is 9.56. The Morgan fingerprint density at radius 1 is 1.40 bits per heavy atom. The lowest BCUT2D eigenvalue weighted by molar-refractivity contribution is -0.133. The molecule has 0 aliphatic rings. The standard InChI is InChI=1S/C12H12O2S/c1-14-12(13)8-7-10-3-5-11(6-4-10)9-15-2/h3-6H,9H2,1-2H3. The second-order valence-corrected chi connectivity index (χ2v) is 3.74. The SMILES string of the molecule is COC(=O)C#Cc1ccc(CSC)cc1. The van der Waals surface area contributed by atoms with Gasteiger partial charge in [0.2, 0.25) is 0 Å². The number of ether oxygens (including phenoxy) is 1. The third-order valence-corrected chi connectivity index (χ3v) is 2.38. The fraction of sp³-hybridized carbons (Fsp3) is 0.250. The van der Waals surface area contributed by atoms with Gasteiger partial charge in [-0.3, -0.25) is 0 Å². The molecule has 0 unspecified atom stereocenters. The van der Waals surface area contributed by atoms with Gasteiger partial charge >= 0.3 is 5.97 Å². The molecular formula is C12H12O2S. The first-order valence-electron chi connectivity index (χ1n) is 4.44. The van der Waals surface area contributed by atoms with Gasteiger partial charge in [-0.05, 0) is 24.0 Å². The highest BCUT2D eigenvalue weighted by atomic mass is 32.2. The maximum Gasteiger partial charge on any atom is 0.384 e. The van der Waals surface area contributed by atoms with Gasteiger partial charge in [0.25, 0.3) is 0 Å². The van der Waals surface area contributed by atoms with Crippen molar-refractivity contribution in [3.63, 3.8) is 0 Å². The van der Waals surface area contributed by atoms with Crippen molar-refractivity contribution in [1.29, 1.82) is 0 Å². The fourth-order valence-corrected chi connectivity index (χ4v) is 1.55. The lowest BCUT2D eigenvalue weighted by Gasteiger charge is -1.97. The molecule has 0 aromatic heterocycles. The first-order chi connectivity index (χ1) is 7.26. The Morgan fingerprint density at radius 2 is 2.07 bits per heavy atom. The van der Waals surface area contributed by atoms with E-state index in [-0.39, 0.29) is 0 Å². The highest BCUT2D eigenvalue weighted by Crippen LogP contribution is 2.09. The van der Waals surface area contributed by atoms with Gasteiger partial charge in [-0.25, -0.2) is 4.79 Å². The third-order valence-electron chi connectivity index (χ3n) is 1.76. The van der Waals surface area contributed by atoms with Crippen molar-refractivity contribution in [3.8, 4) is 11.8 Å². The summed E-state index contributed by atoms with van der Waals surface area (Å²) >= 11 is 1.77. The van der Waals surface area contributed by atoms with Crippen molar-refractivity contribution in [3.05, 3.63) is 35.4 Å². The molecule has 0 saturated carbocycles. The normalized spacial score (nSPS) is 8.93. The number of rotatable bonds is 2. The van der Waals surface area contributed by atoms with E-state index in [1.165, 1.54) is 12.7 Å². The zero-order valence-electron chi connectivity index (χ0n) is 8.74. The van der Waals surface area contributed by atoms with Crippen LogP contribution in [0.3, 0.4) is 0 Å². The Kier molecular flexibility index (Phi) is 4.79. The molecular weight excluding hydrogens is 208 g/mol. The minimum Gasteiger partial charge on any atom is -0.459 e. The molecule has 3 heteroatoms. The minimum absolute atomic E-state index is 0.511. The van der Waals surface area contributed by atoms with Crippen LogP contribution in [0.15, 0.2) is 24.3 Å². The molecule has 0 aliphatic carbocycles. The average molecular weight is 220 g/mol. The van der Waals surface area contributed by atoms with Crippen LogP contribution in [0.2, 0.25) is 0 Å². The number of hydrogen-bond acceptors (Lipinski definition) is 3. The van der Waals surface area contributed by atoms with E-state index >= 15 is 0 Å². The second kappa shape index (κ2) is 6.15. The Bertz CT molecular complexity index is 384. The molecule has 1 aromatic rings. The summed E-state index contributed by atoms with van der Waals surface area (Å²) in [5, 5.41) is 0. The van der Waals surface area contributed by atoms with Gasteiger partial charge < -0.3 is 4.74 Å². The molecule has 2 nitrogen and oxygen atoms in total. The van der Waals surface area contributed by atoms with Crippen molar-refractivity contribution < 1.29 is 9.53 Å². The summed E-state index contributed by atoms with van der Waals surface area (Å²) in [4.78, 5) is 10.8. The number of methoxy groups -OCH3 is 1. The summed E-state index contributed by atoms with van der Waals surface area (Å²) < 4.78 is 4.42. The predicted molar refractivity (Wildman–Crippen MR) is 62.6 cm³/mol. The monoisotopic (exact) mass is 220 g/mol. The maximum atomic E-state index is 10.8. The van der Waals surface area contributed by atoms with E-state index < -0.39 is 5.97 Å². The highest BCUT2D eigenvalue weighted by Gasteiger charge is 1.92. The molecule has 0 N–H and O–H groups in total. The van der Waals surface area contributed by atoms with Crippen LogP contribution in [-0.4, -0.2) is 19.3 Å². The van der Waals surface area contributed by atoms with Crippen LogP contribution in [0, 0.1) is 11.8 Å². The van der Waals surface area contributed by atoms with E-state index in [4.69, 9.17) is 0 Å². The molecule has 0 heterocycles. The number of hydrogen-bond donors (Lipinski definition) is 0. The van der Waals surface area contributed by atoms with Crippen LogP contribution in [0.25, 0.3) is 0 Å². The van der Waals surface area contributed by atoms with Gasteiger partial charge in [-0.1, -0.05) is 18.1 Å². The van der Waals surface area contributed by atoms with Crippen molar-refractivity contribution in [2.45, 2.75) is 5.75 Å². The molecule has 0 bridgehead atoms. The third kappa shape index (κ3) is 4.09. The van der Waals surface area contributed by atoms with E-state index in [9.17, 15) is 4.79 Å². The van der Waals surface area contributed by atoms with Crippen molar-refractivity contribution in [2.75, 3.05) is 13.4 Å². The fourth-order valence-electron chi connectivity index (χ4n) is 1.03. The first kappa shape index (κ1) is 11.7. The van der Waals surface area contributed by atoms with E-state index in [0.717, 1.165) is 11.3 Å². The zero-order chi connectivity index (χ0) is 11.1. The van der Waals surface area contributed by atoms with Crippen LogP contribution < -0.4 is 0 Å². The largest absolute Gasteiger partial charge is 0.459 e. The molecule has 0 fully saturated rings. The van der Waals surface area contributed by atoms with Gasteiger partial charge in [0.05, 0.1) is 7.11 Å². The van der Waals surface area contributed by atoms with Crippen LogP contribution in [-0.2, 0) is 15.3 Å². The van der Waals surface area contributed by atoms with Gasteiger partial charge in [0, 0.05) is 17.2 Å². The molecule has 0 atom stereocenters. The summed E-state index contributed by atoms with van der Waals surface area (Å²) in [7, 11) is 1.32. The first-order valence-corrected chi connectivity index (χ1v) is 5.83. The van der Waals surface area contributed by atoms with Crippen molar-refractivity contribution in [2.24, 2.45) is 0 Å². The molecule has 0 radical (unpaired) electrons. The molecule has 1 rings (SSSR count). The van der Waals surface area contributed by atoms with Gasteiger partial charge in [0.15, 0.2) is 0 Å². The molecule has 0 spiro atoms. The summed E-state index contributed by atoms with van der Waals surface area (Å²) in [6.07, 6.45) is 2.06. The summed E-state index contributed by atoms with van der Waals surface area (Å²) in [6.45, 7) is 0. The van der Waals surface area contributed by atoms with Gasteiger partial charge in [-0.15, -0.1) is 0 Å². The number of carbonyl (C=O) groups is 1. The number of thioether (sulfide) groups is 1. The molecule has 0 saturated heterocycles. The number of benzene rings is 1. The van der Waals surface area contributed by atoms with E-state index in [0.29, 0.717) is 0 Å². The van der Waals surface area contributed by atoms with Crippen LogP contribution in [0.1, 0.15) is 11.1 Å². The summed E-state index contributed by atoms with van der Waals surface area (Å²) in [5.41, 5.74) is 2.08. The highest BCUT2D eigenvalue weighted by molar-refractivity contribution is 7.97. The van der Waals surface area contributed by atoms with Crippen LogP contribution >= 0.6 is 11.8 Å². The van der Waals surface area contributed by atoms with Crippen molar-refractivity contribution in [1.82, 2.24) is 0 Å². The van der Waals surface area contributed by atoms with Crippen molar-refractivity contribution >= 4 is 17.7 Å². The molecule has 15 heavy (non-hydrogen) atoms. The minimum atomic E-state index is -0.511. The van der Waals surface area contributed by atoms with Crippen LogP contribution in [0.4, 0.5) is 0 Å². The molecule has 78 valence electrons. The Labute approximate surface area is 94.0 Å². The van der Waals surface area contributed by atoms with Gasteiger partial charge in [0.1, 0.15) is 0 Å². The van der Waals surface area contributed by atoms with E-state index in [1.54, 1.807) is 11.8 Å². The Balaban J connectivity index is 2.70. The maximum absolute atomic E-state index is 10.8. The molecule has 1 aromatic carbocycles. The molecule has 0 aliphatic heterocycles. The quantitative estimate of drug-likeness (QED) is 0.564. The van der Waals surface area contributed by atoms with Gasteiger partial charge in [-0.2, -0.15) is 11.8 Å². The number of carbonyl (C=O) groups excluding carboxylic acids is 1. The topological polar surface area (TPSA) is 26.3 Å². The molecule has 0 amide bonds.